The topological polar surface area (TPSA) is 47.9 Å². The molecule has 0 atom stereocenters. The van der Waals surface area contributed by atoms with E-state index in [4.69, 9.17) is 9.47 Å². The minimum atomic E-state index is -0.432. The Bertz CT molecular complexity index is 303. The minimum absolute atomic E-state index is 0.336. The van der Waals surface area contributed by atoms with Crippen LogP contribution in [0.1, 0.15) is 6.92 Å². The van der Waals surface area contributed by atoms with E-state index in [2.05, 4.69) is 18.2 Å². The van der Waals surface area contributed by atoms with Crippen molar-refractivity contribution in [2.24, 2.45) is 4.99 Å². The lowest BCUT2D eigenvalue weighted by Crippen LogP contribution is -2.03. The molecule has 0 fully saturated rings. The fourth-order valence-electron chi connectivity index (χ4n) is 0.748. The van der Waals surface area contributed by atoms with Crippen molar-refractivity contribution in [1.29, 1.82) is 0 Å². The summed E-state index contributed by atoms with van der Waals surface area (Å²) >= 11 is 0. The number of hydrogen-bond acceptors (Lipinski definition) is 4. The van der Waals surface area contributed by atoms with Gasteiger partial charge in [0.15, 0.2) is 0 Å². The van der Waals surface area contributed by atoms with Crippen LogP contribution in [-0.2, 0) is 14.3 Å². The molecule has 0 aromatic heterocycles. The van der Waals surface area contributed by atoms with E-state index in [1.54, 1.807) is 6.92 Å². The highest BCUT2D eigenvalue weighted by Crippen LogP contribution is 1.99. The standard InChI is InChI=1S/C11H15NO3/c1-5-12-10(9(3)14-4)7-8-11(13)15-6-2/h5,7-8H,1,3,6H2,2,4H3/b8-7+,12-10?. The number of aliphatic imine (C=N–C) groups is 1. The first-order chi connectivity index (χ1) is 7.15. The first kappa shape index (κ1) is 13.2. The zero-order chi connectivity index (χ0) is 11.7. The van der Waals surface area contributed by atoms with Crippen LogP contribution in [0.2, 0.25) is 0 Å². The summed E-state index contributed by atoms with van der Waals surface area (Å²) in [4.78, 5) is 14.9. The van der Waals surface area contributed by atoms with Gasteiger partial charge in [-0.25, -0.2) is 4.79 Å². The Kier molecular flexibility index (Phi) is 6.63. The third kappa shape index (κ3) is 5.46. The van der Waals surface area contributed by atoms with Gasteiger partial charge < -0.3 is 9.47 Å². The Morgan fingerprint density at radius 3 is 2.60 bits per heavy atom. The summed E-state index contributed by atoms with van der Waals surface area (Å²) in [5.41, 5.74) is 0.431. The maximum atomic E-state index is 11.0. The molecular formula is C11H15NO3. The van der Waals surface area contributed by atoms with Gasteiger partial charge in [0, 0.05) is 12.3 Å². The molecule has 0 aromatic carbocycles. The zero-order valence-corrected chi connectivity index (χ0v) is 9.03. The maximum absolute atomic E-state index is 11.0. The van der Waals surface area contributed by atoms with Crippen molar-refractivity contribution in [2.45, 2.75) is 6.92 Å². The average molecular weight is 209 g/mol. The molecule has 4 nitrogen and oxygen atoms in total. The molecule has 0 aliphatic heterocycles. The van der Waals surface area contributed by atoms with E-state index in [0.29, 0.717) is 18.1 Å². The van der Waals surface area contributed by atoms with E-state index in [0.717, 1.165) is 0 Å². The average Bonchev–Trinajstić information content (AvgIpc) is 2.23. The van der Waals surface area contributed by atoms with Gasteiger partial charge >= 0.3 is 5.97 Å². The summed E-state index contributed by atoms with van der Waals surface area (Å²) in [6, 6.07) is 0. The van der Waals surface area contributed by atoms with Crippen LogP contribution in [0.5, 0.6) is 0 Å². The molecule has 0 rings (SSSR count). The van der Waals surface area contributed by atoms with Crippen LogP contribution < -0.4 is 0 Å². The van der Waals surface area contributed by atoms with Crippen LogP contribution in [0.3, 0.4) is 0 Å². The largest absolute Gasteiger partial charge is 0.495 e. The van der Waals surface area contributed by atoms with E-state index >= 15 is 0 Å². The molecule has 4 heteroatoms. The fourth-order valence-corrected chi connectivity index (χ4v) is 0.748. The maximum Gasteiger partial charge on any atom is 0.330 e. The van der Waals surface area contributed by atoms with Gasteiger partial charge in [-0.15, -0.1) is 0 Å². The Morgan fingerprint density at radius 1 is 1.47 bits per heavy atom. The Morgan fingerprint density at radius 2 is 2.13 bits per heavy atom. The molecule has 0 saturated heterocycles. The first-order valence-corrected chi connectivity index (χ1v) is 4.42. The summed E-state index contributed by atoms with van der Waals surface area (Å²) in [6.07, 6.45) is 4.07. The van der Waals surface area contributed by atoms with Crippen LogP contribution >= 0.6 is 0 Å². The molecule has 0 heterocycles. The molecule has 0 saturated carbocycles. The van der Waals surface area contributed by atoms with E-state index in [9.17, 15) is 4.79 Å². The zero-order valence-electron chi connectivity index (χ0n) is 9.03. The first-order valence-electron chi connectivity index (χ1n) is 4.42. The molecule has 0 amide bonds. The van der Waals surface area contributed by atoms with E-state index < -0.39 is 5.97 Å². The van der Waals surface area contributed by atoms with Gasteiger partial charge in [-0.1, -0.05) is 13.2 Å². The predicted molar refractivity (Wildman–Crippen MR) is 59.6 cm³/mol. The monoisotopic (exact) mass is 209 g/mol. The lowest BCUT2D eigenvalue weighted by atomic mass is 10.3. The van der Waals surface area contributed by atoms with Gasteiger partial charge in [0.1, 0.15) is 11.5 Å². The number of methoxy groups -OCH3 is 1. The van der Waals surface area contributed by atoms with Gasteiger partial charge in [-0.3, -0.25) is 4.99 Å². The Labute approximate surface area is 89.6 Å². The van der Waals surface area contributed by atoms with Gasteiger partial charge in [-0.2, -0.15) is 0 Å². The fraction of sp³-hybridized carbons (Fsp3) is 0.273. The highest BCUT2D eigenvalue weighted by molar-refractivity contribution is 6.09. The highest BCUT2D eigenvalue weighted by Gasteiger charge is 2.01. The van der Waals surface area contributed by atoms with Crippen molar-refractivity contribution in [1.82, 2.24) is 0 Å². The van der Waals surface area contributed by atoms with Crippen LogP contribution in [0, 0.1) is 0 Å². The molecule has 0 aliphatic carbocycles. The quantitative estimate of drug-likeness (QED) is 0.290. The molecule has 0 aromatic rings. The molecule has 0 spiro atoms. The second-order valence-electron chi connectivity index (χ2n) is 2.41. The molecule has 0 aliphatic rings. The van der Waals surface area contributed by atoms with E-state index in [1.807, 2.05) is 0 Å². The predicted octanol–water partition coefficient (Wildman–Crippen LogP) is 1.85. The number of allylic oxidation sites excluding steroid dienone is 1. The molecular weight excluding hydrogens is 194 g/mol. The van der Waals surface area contributed by atoms with Crippen LogP contribution in [0.15, 0.2) is 42.3 Å². The van der Waals surface area contributed by atoms with E-state index in [1.165, 1.54) is 25.5 Å². The second-order valence-corrected chi connectivity index (χ2v) is 2.41. The summed E-state index contributed by atoms with van der Waals surface area (Å²) in [7, 11) is 1.47. The minimum Gasteiger partial charge on any atom is -0.495 e. The lowest BCUT2D eigenvalue weighted by Gasteiger charge is -2.02. The molecule has 0 N–H and O–H groups in total. The van der Waals surface area contributed by atoms with E-state index in [-0.39, 0.29) is 0 Å². The van der Waals surface area contributed by atoms with Crippen LogP contribution in [0.4, 0.5) is 0 Å². The number of carbonyl (C=O) groups is 1. The number of nitrogens with zero attached hydrogens (tertiary/aromatic N) is 1. The highest BCUT2D eigenvalue weighted by atomic mass is 16.5. The smallest absolute Gasteiger partial charge is 0.330 e. The number of carbonyl (C=O) groups excluding carboxylic acids is 1. The third-order valence-corrected chi connectivity index (χ3v) is 1.43. The number of ether oxygens (including phenoxy) is 2. The number of rotatable bonds is 6. The van der Waals surface area contributed by atoms with Gasteiger partial charge in [0.2, 0.25) is 0 Å². The molecule has 0 radical (unpaired) electrons. The number of esters is 1. The van der Waals surface area contributed by atoms with Crippen molar-refractivity contribution in [3.63, 3.8) is 0 Å². The lowest BCUT2D eigenvalue weighted by molar-refractivity contribution is -0.137. The second kappa shape index (κ2) is 7.55. The summed E-state index contributed by atoms with van der Waals surface area (Å²) in [6.45, 7) is 9.13. The van der Waals surface area contributed by atoms with Crippen molar-refractivity contribution in [3.05, 3.63) is 37.3 Å². The molecule has 15 heavy (non-hydrogen) atoms. The molecule has 0 unspecified atom stereocenters. The SMILES string of the molecule is C=CN=C(/C=C/C(=O)OCC)C(=C)OC. The van der Waals surface area contributed by atoms with Gasteiger partial charge in [0.05, 0.1) is 13.7 Å². The summed E-state index contributed by atoms with van der Waals surface area (Å²) in [5, 5.41) is 0. The normalized spacial score (nSPS) is 11.2. The van der Waals surface area contributed by atoms with Crippen molar-refractivity contribution in [2.75, 3.05) is 13.7 Å². The Hall–Kier alpha value is -1.84. The Balaban J connectivity index is 4.55. The van der Waals surface area contributed by atoms with Crippen molar-refractivity contribution < 1.29 is 14.3 Å². The number of hydrogen-bond donors (Lipinski definition) is 0. The summed E-state index contributed by atoms with van der Waals surface area (Å²) < 4.78 is 9.59. The van der Waals surface area contributed by atoms with Crippen molar-refractivity contribution in [3.8, 4) is 0 Å². The van der Waals surface area contributed by atoms with Gasteiger partial charge in [0.25, 0.3) is 0 Å². The van der Waals surface area contributed by atoms with Crippen molar-refractivity contribution >= 4 is 11.7 Å². The van der Waals surface area contributed by atoms with Crippen LogP contribution in [-0.4, -0.2) is 25.4 Å². The van der Waals surface area contributed by atoms with Gasteiger partial charge in [-0.05, 0) is 13.0 Å². The third-order valence-electron chi connectivity index (χ3n) is 1.43. The van der Waals surface area contributed by atoms with Crippen LogP contribution in [0.25, 0.3) is 0 Å². The summed E-state index contributed by atoms with van der Waals surface area (Å²) in [5.74, 6) is -0.0754. The molecule has 0 bridgehead atoms. The molecule has 82 valence electrons.